The Morgan fingerprint density at radius 3 is 1.57 bits per heavy atom. The third-order valence-electron chi connectivity index (χ3n) is 11.4. The van der Waals surface area contributed by atoms with Gasteiger partial charge in [-0.05, 0) is 44.9 Å². The van der Waals surface area contributed by atoms with Crippen LogP contribution in [0.1, 0.15) is 174 Å². The quantitative estimate of drug-likeness (QED) is 0.00929. The number of phosphoric acid groups is 2. The van der Waals surface area contributed by atoms with Gasteiger partial charge in [0.25, 0.3) is 0 Å². The second-order valence-electron chi connectivity index (χ2n) is 17.7. The van der Waals surface area contributed by atoms with Gasteiger partial charge in [-0.2, -0.15) is 0 Å². The van der Waals surface area contributed by atoms with Gasteiger partial charge >= 0.3 is 27.6 Å². The summed E-state index contributed by atoms with van der Waals surface area (Å²) in [6.07, 6.45) is 31.6. The molecule has 8 N–H and O–H groups in total. The van der Waals surface area contributed by atoms with E-state index in [0.29, 0.717) is 12.8 Å². The van der Waals surface area contributed by atoms with Crippen LogP contribution in [0.2, 0.25) is 0 Å². The number of esters is 2. The molecule has 0 aromatic heterocycles. The van der Waals surface area contributed by atoms with E-state index in [0.717, 1.165) is 51.4 Å². The second kappa shape index (κ2) is 40.8. The fourth-order valence-electron chi connectivity index (χ4n) is 7.43. The number of carbonyl (C=O) groups excluding carboxylic acids is 2. The third kappa shape index (κ3) is 34.7. The summed E-state index contributed by atoms with van der Waals surface area (Å²) in [6.45, 7) is 2.86. The van der Waals surface area contributed by atoms with Gasteiger partial charge in [0, 0.05) is 12.8 Å². The summed E-state index contributed by atoms with van der Waals surface area (Å²) < 4.78 is 49.3. The Bertz CT molecular complexity index is 1640. The van der Waals surface area contributed by atoms with Gasteiger partial charge in [0.05, 0.1) is 12.7 Å². The number of rotatable bonds is 42. The Labute approximate surface area is 417 Å². The van der Waals surface area contributed by atoms with Gasteiger partial charge < -0.3 is 49.7 Å². The molecule has 0 radical (unpaired) electrons. The number of hydrogen-bond acceptors (Lipinski definition) is 14. The van der Waals surface area contributed by atoms with Crippen LogP contribution in [0.25, 0.3) is 0 Å². The number of aliphatic hydroxyl groups is 5. The Morgan fingerprint density at radius 2 is 1.04 bits per heavy atom. The lowest BCUT2D eigenvalue weighted by atomic mass is 9.85. The SMILES string of the molecule is CC/C=C\C/C=C\C/C=C\C/C=C\C=C/C(O)C/C=C\CCC(=O)OC[C@H](COP(=O)(O)O[C@H]1C(O)C(O)C(O)[C@@H](OP(=O)(O)O)C1O)OC(=O)CCCCCCCCCCCCCCCCCCC. The minimum atomic E-state index is -5.39. The molecule has 1 aliphatic carbocycles. The third-order valence-corrected chi connectivity index (χ3v) is 12.9. The van der Waals surface area contributed by atoms with Gasteiger partial charge in [-0.15, -0.1) is 0 Å². The van der Waals surface area contributed by atoms with Crippen LogP contribution in [-0.4, -0.2) is 114 Å². The van der Waals surface area contributed by atoms with Crippen LogP contribution < -0.4 is 0 Å². The normalized spacial score (nSPS) is 22.0. The number of aliphatic hydroxyl groups excluding tert-OH is 5. The van der Waals surface area contributed by atoms with Crippen molar-refractivity contribution in [1.29, 1.82) is 0 Å². The van der Waals surface area contributed by atoms with Crippen molar-refractivity contribution in [3.63, 3.8) is 0 Å². The summed E-state index contributed by atoms with van der Waals surface area (Å²) in [5, 5.41) is 51.6. The molecule has 0 aromatic carbocycles. The summed E-state index contributed by atoms with van der Waals surface area (Å²) in [5.41, 5.74) is 0. The van der Waals surface area contributed by atoms with E-state index in [1.807, 2.05) is 12.2 Å². The highest BCUT2D eigenvalue weighted by Gasteiger charge is 2.54. The predicted octanol–water partition coefficient (Wildman–Crippen LogP) is 9.37. The van der Waals surface area contributed by atoms with Crippen LogP contribution >= 0.6 is 15.6 Å². The lowest BCUT2D eigenvalue weighted by Crippen LogP contribution is -2.64. The Kier molecular flexibility index (Phi) is 38.2. The molecule has 6 unspecified atom stereocenters. The van der Waals surface area contributed by atoms with Crippen molar-refractivity contribution in [3.05, 3.63) is 72.9 Å². The van der Waals surface area contributed by atoms with Crippen LogP contribution in [0.15, 0.2) is 72.9 Å². The summed E-state index contributed by atoms with van der Waals surface area (Å²) in [4.78, 5) is 54.4. The molecule has 1 aliphatic rings. The molecule has 0 spiro atoms. The first-order valence-corrected chi connectivity index (χ1v) is 28.6. The van der Waals surface area contributed by atoms with Gasteiger partial charge in [0.2, 0.25) is 0 Å². The van der Waals surface area contributed by atoms with E-state index in [1.54, 1.807) is 24.3 Å². The van der Waals surface area contributed by atoms with Crippen molar-refractivity contribution >= 4 is 27.6 Å². The minimum absolute atomic E-state index is 0.00719. The van der Waals surface area contributed by atoms with E-state index in [2.05, 4.69) is 54.8 Å². The fraction of sp³-hybridized carbons (Fsp3) is 0.725. The van der Waals surface area contributed by atoms with Gasteiger partial charge in [0.15, 0.2) is 6.10 Å². The van der Waals surface area contributed by atoms with E-state index in [1.165, 1.54) is 77.0 Å². The number of ether oxygens (including phenoxy) is 2. The lowest BCUT2D eigenvalue weighted by Gasteiger charge is -2.43. The number of phosphoric ester groups is 2. The molecule has 0 aliphatic heterocycles. The minimum Gasteiger partial charge on any atom is -0.462 e. The van der Waals surface area contributed by atoms with Gasteiger partial charge in [-0.25, -0.2) is 9.13 Å². The molecule has 0 bridgehead atoms. The first-order valence-electron chi connectivity index (χ1n) is 25.6. The Balaban J connectivity index is 2.64. The predicted molar refractivity (Wildman–Crippen MR) is 270 cm³/mol. The number of carbonyl (C=O) groups is 2. The van der Waals surface area contributed by atoms with Crippen molar-refractivity contribution in [3.8, 4) is 0 Å². The highest BCUT2D eigenvalue weighted by Crippen LogP contribution is 2.49. The van der Waals surface area contributed by atoms with Crippen molar-refractivity contribution < 1.29 is 82.0 Å². The maximum Gasteiger partial charge on any atom is 0.472 e. The molecule has 0 amide bonds. The Hall–Kier alpha value is -2.60. The smallest absolute Gasteiger partial charge is 0.462 e. The summed E-state index contributed by atoms with van der Waals surface area (Å²) in [5.74, 6) is -1.39. The zero-order valence-corrected chi connectivity index (χ0v) is 43.6. The monoisotopic (exact) mass is 1030 g/mol. The molecule has 0 aromatic rings. The molecule has 0 heterocycles. The molecule has 1 fully saturated rings. The number of hydrogen-bond donors (Lipinski definition) is 8. The first-order chi connectivity index (χ1) is 33.5. The molecular weight excluding hydrogens is 946 g/mol. The molecule has 1 saturated carbocycles. The van der Waals surface area contributed by atoms with Gasteiger partial charge in [0.1, 0.15) is 43.2 Å². The van der Waals surface area contributed by atoms with Gasteiger partial charge in [-0.3, -0.25) is 23.2 Å². The molecule has 17 nitrogen and oxygen atoms in total. The van der Waals surface area contributed by atoms with E-state index in [9.17, 15) is 58.9 Å². The van der Waals surface area contributed by atoms with Crippen molar-refractivity contribution in [2.24, 2.45) is 0 Å². The zero-order chi connectivity index (χ0) is 51.9. The highest BCUT2D eigenvalue weighted by atomic mass is 31.2. The van der Waals surface area contributed by atoms with Crippen molar-refractivity contribution in [1.82, 2.24) is 0 Å². The maximum absolute atomic E-state index is 13.0. The molecule has 9 atom stereocenters. The maximum atomic E-state index is 13.0. The Morgan fingerprint density at radius 1 is 0.543 bits per heavy atom. The number of allylic oxidation sites excluding steroid dienone is 10. The molecule has 0 saturated heterocycles. The standard InChI is InChI=1S/C51H88O17P2/c1-3-5-7-9-11-13-15-17-18-19-20-22-24-26-28-30-34-39-45(54)66-43(41-65-70(62,63)68-51-48(57)46(55)47(56)50(49(51)58)67-69(59,60)61)40-64-44(53)38-35-31-33-37-42(52)36-32-29-27-25-23-21-16-14-12-10-8-6-4-2/h6,8,12,14,21,23,27,29,31-33,36,42-43,46-52,55-58H,3-5,7,9-11,13,15-20,22,24-26,28,30,34-35,37-41H2,1-2H3,(H,62,63)(H2,59,60,61)/b8-6-,14-12-,23-21-,29-27-,33-31-,36-32-/t42?,43-,46?,47?,48?,49?,50-,51+/m1/s1. The molecule has 1 rings (SSSR count). The van der Waals surface area contributed by atoms with E-state index in [-0.39, 0.29) is 19.3 Å². The van der Waals surface area contributed by atoms with Crippen molar-refractivity contribution in [2.45, 2.75) is 223 Å². The van der Waals surface area contributed by atoms with Gasteiger partial charge in [-0.1, -0.05) is 189 Å². The molecule has 404 valence electrons. The largest absolute Gasteiger partial charge is 0.472 e. The van der Waals surface area contributed by atoms with E-state index < -0.39 is 89.6 Å². The van der Waals surface area contributed by atoms with E-state index >= 15 is 0 Å². The average Bonchev–Trinajstić information content (AvgIpc) is 3.31. The number of unbranched alkanes of at least 4 members (excludes halogenated alkanes) is 16. The topological polar surface area (TPSA) is 276 Å². The van der Waals surface area contributed by atoms with Crippen LogP contribution in [0, 0.1) is 0 Å². The lowest BCUT2D eigenvalue weighted by molar-refractivity contribution is -0.216. The second-order valence-corrected chi connectivity index (χ2v) is 20.3. The molecular formula is C51H88O17P2. The molecule has 19 heteroatoms. The average molecular weight is 1040 g/mol. The summed E-state index contributed by atoms with van der Waals surface area (Å²) in [7, 11) is -10.7. The van der Waals surface area contributed by atoms with Crippen molar-refractivity contribution in [2.75, 3.05) is 13.2 Å². The highest BCUT2D eigenvalue weighted by molar-refractivity contribution is 7.47. The summed E-state index contributed by atoms with van der Waals surface area (Å²) in [6, 6.07) is 0. The van der Waals surface area contributed by atoms with Crippen LogP contribution in [-0.2, 0) is 41.8 Å². The molecule has 70 heavy (non-hydrogen) atoms. The fourth-order valence-corrected chi connectivity index (χ4v) is 8.97. The summed E-state index contributed by atoms with van der Waals surface area (Å²) >= 11 is 0. The van der Waals surface area contributed by atoms with Crippen LogP contribution in [0.4, 0.5) is 0 Å². The zero-order valence-electron chi connectivity index (χ0n) is 41.8. The van der Waals surface area contributed by atoms with Crippen LogP contribution in [0.3, 0.4) is 0 Å². The van der Waals surface area contributed by atoms with Crippen LogP contribution in [0.5, 0.6) is 0 Å². The van der Waals surface area contributed by atoms with E-state index in [4.69, 9.17) is 18.5 Å². The first kappa shape index (κ1) is 65.4.